The predicted molar refractivity (Wildman–Crippen MR) is 143 cm³/mol. The summed E-state index contributed by atoms with van der Waals surface area (Å²) in [5.74, 6) is -0.491. The Balaban J connectivity index is 1.28. The van der Waals surface area contributed by atoms with Gasteiger partial charge in [-0.25, -0.2) is 4.39 Å². The molecule has 5 saturated carbocycles. The number of halogens is 1. The molecule has 0 aliphatic heterocycles. The number of alkyl halides is 1. The monoisotopic (exact) mass is 544 g/mol. The molecule has 8 nitrogen and oxygen atoms in total. The van der Waals surface area contributed by atoms with Crippen LogP contribution in [0.1, 0.15) is 100 Å². The maximum Gasteiger partial charge on any atom is 0.309 e. The van der Waals surface area contributed by atoms with Crippen LogP contribution in [0.2, 0.25) is 0 Å². The number of aryl methyl sites for hydroxylation is 1. The fourth-order valence-electron chi connectivity index (χ4n) is 7.09. The lowest BCUT2D eigenvalue weighted by molar-refractivity contribution is -0.177. The molecule has 5 aliphatic carbocycles. The SMILES string of the molecule is CCc1cc(OC)c(C(=O)N[C@@H]2CCCC[C@@H]2C(=O)NC23CC(F)(C2)C3)cc1OC1CCC(C)(C(=O)O)CC1. The van der Waals surface area contributed by atoms with E-state index in [1.807, 2.05) is 13.0 Å². The van der Waals surface area contributed by atoms with Crippen LogP contribution in [0.3, 0.4) is 0 Å². The number of hydrogen-bond acceptors (Lipinski definition) is 5. The lowest BCUT2D eigenvalue weighted by Gasteiger charge is -2.66. The zero-order valence-electron chi connectivity index (χ0n) is 23.2. The maximum atomic E-state index is 14.0. The summed E-state index contributed by atoms with van der Waals surface area (Å²) in [5, 5.41) is 15.7. The second kappa shape index (κ2) is 10.3. The molecule has 1 aromatic rings. The van der Waals surface area contributed by atoms with Crippen molar-refractivity contribution in [1.29, 1.82) is 0 Å². The first-order chi connectivity index (χ1) is 18.5. The summed E-state index contributed by atoms with van der Waals surface area (Å²) in [7, 11) is 1.53. The molecule has 0 radical (unpaired) electrons. The van der Waals surface area contributed by atoms with Gasteiger partial charge >= 0.3 is 5.97 Å². The van der Waals surface area contributed by atoms with Crippen molar-refractivity contribution in [3.8, 4) is 11.5 Å². The van der Waals surface area contributed by atoms with Crippen molar-refractivity contribution < 1.29 is 33.4 Å². The molecule has 6 rings (SSSR count). The van der Waals surface area contributed by atoms with Gasteiger partial charge in [0.1, 0.15) is 17.2 Å². The largest absolute Gasteiger partial charge is 0.496 e. The Bertz CT molecular complexity index is 1120. The van der Waals surface area contributed by atoms with Crippen LogP contribution < -0.4 is 20.1 Å². The van der Waals surface area contributed by atoms with E-state index >= 15 is 0 Å². The van der Waals surface area contributed by atoms with E-state index in [2.05, 4.69) is 10.6 Å². The summed E-state index contributed by atoms with van der Waals surface area (Å²) >= 11 is 0. The zero-order chi connectivity index (χ0) is 28.0. The van der Waals surface area contributed by atoms with Gasteiger partial charge in [-0.1, -0.05) is 19.8 Å². The molecule has 214 valence electrons. The molecule has 2 amide bonds. The molecule has 1 aromatic carbocycles. The lowest BCUT2D eigenvalue weighted by Crippen LogP contribution is -2.77. The molecule has 39 heavy (non-hydrogen) atoms. The first-order valence-electron chi connectivity index (χ1n) is 14.4. The number of carbonyl (C=O) groups excluding carboxylic acids is 2. The molecule has 2 bridgehead atoms. The summed E-state index contributed by atoms with van der Waals surface area (Å²) in [6, 6.07) is 3.23. The number of amides is 2. The quantitative estimate of drug-likeness (QED) is 0.415. The van der Waals surface area contributed by atoms with Gasteiger partial charge < -0.3 is 25.2 Å². The van der Waals surface area contributed by atoms with Crippen molar-refractivity contribution in [1.82, 2.24) is 10.6 Å². The number of rotatable bonds is 9. The third kappa shape index (κ3) is 5.33. The smallest absolute Gasteiger partial charge is 0.309 e. The normalized spacial score (nSPS) is 35.1. The van der Waals surface area contributed by atoms with Gasteiger partial charge in [0.2, 0.25) is 5.91 Å². The van der Waals surface area contributed by atoms with Crippen LogP contribution in [-0.2, 0) is 16.0 Å². The maximum absolute atomic E-state index is 14.0. The minimum atomic E-state index is -1.08. The summed E-state index contributed by atoms with van der Waals surface area (Å²) in [6.45, 7) is 3.79. The highest BCUT2D eigenvalue weighted by Crippen LogP contribution is 2.63. The van der Waals surface area contributed by atoms with Crippen molar-refractivity contribution in [2.75, 3.05) is 7.11 Å². The summed E-state index contributed by atoms with van der Waals surface area (Å²) in [4.78, 5) is 38.4. The number of carboxylic acids is 1. The van der Waals surface area contributed by atoms with Crippen molar-refractivity contribution >= 4 is 17.8 Å². The molecule has 0 unspecified atom stereocenters. The Kier molecular flexibility index (Phi) is 7.31. The zero-order valence-corrected chi connectivity index (χ0v) is 23.2. The Morgan fingerprint density at radius 3 is 2.31 bits per heavy atom. The number of ether oxygens (including phenoxy) is 2. The van der Waals surface area contributed by atoms with Gasteiger partial charge in [0.05, 0.1) is 30.1 Å². The first-order valence-corrected chi connectivity index (χ1v) is 14.4. The van der Waals surface area contributed by atoms with Gasteiger partial charge in [0.15, 0.2) is 0 Å². The van der Waals surface area contributed by atoms with Gasteiger partial charge in [0, 0.05) is 30.8 Å². The van der Waals surface area contributed by atoms with Crippen LogP contribution in [0.4, 0.5) is 4.39 Å². The van der Waals surface area contributed by atoms with E-state index in [0.29, 0.717) is 81.3 Å². The van der Waals surface area contributed by atoms with Gasteiger partial charge in [-0.2, -0.15) is 0 Å². The molecule has 0 aromatic heterocycles. The summed E-state index contributed by atoms with van der Waals surface area (Å²) in [5.41, 5.74) is -0.937. The number of aliphatic carboxylic acids is 1. The van der Waals surface area contributed by atoms with Gasteiger partial charge in [-0.3, -0.25) is 14.4 Å². The second-order valence-corrected chi connectivity index (χ2v) is 12.6. The lowest BCUT2D eigenvalue weighted by atomic mass is 9.47. The number of methoxy groups -OCH3 is 1. The Labute approximate surface area is 229 Å². The molecule has 9 heteroatoms. The highest BCUT2D eigenvalue weighted by atomic mass is 19.1. The molecular formula is C30H41FN2O6. The van der Waals surface area contributed by atoms with Crippen LogP contribution >= 0.6 is 0 Å². The van der Waals surface area contributed by atoms with E-state index in [0.717, 1.165) is 18.4 Å². The van der Waals surface area contributed by atoms with Crippen LogP contribution in [-0.4, -0.2) is 53.4 Å². The van der Waals surface area contributed by atoms with Crippen LogP contribution in [0.15, 0.2) is 12.1 Å². The Morgan fingerprint density at radius 2 is 1.72 bits per heavy atom. The highest BCUT2D eigenvalue weighted by molar-refractivity contribution is 5.98. The molecule has 5 aliphatic rings. The first kappa shape index (κ1) is 27.7. The van der Waals surface area contributed by atoms with Crippen molar-refractivity contribution in [3.63, 3.8) is 0 Å². The summed E-state index contributed by atoms with van der Waals surface area (Å²) < 4.78 is 25.9. The standard InChI is InChI=1S/C30H41FN2O6/c1-4-18-13-24(38-3)21(14-23(18)39-19-9-11-28(2,12-10-19)27(36)37)25(34)32-22-8-6-5-7-20(22)26(35)33-30-15-29(31,16-30)17-30/h13-14,19-20,22H,4-12,15-17H2,1-3H3,(H,32,34)(H,33,35)(H,36,37)/t19?,20-,22+,28?,29?,30?/m0/s1. The van der Waals surface area contributed by atoms with Crippen molar-refractivity contribution in [2.24, 2.45) is 11.3 Å². The van der Waals surface area contributed by atoms with Gasteiger partial charge in [-0.05, 0) is 69.6 Å². The number of hydrogen-bond donors (Lipinski definition) is 3. The minimum absolute atomic E-state index is 0.0928. The predicted octanol–water partition coefficient (Wildman–Crippen LogP) is 4.72. The fraction of sp³-hybridized carbons (Fsp3) is 0.700. The van der Waals surface area contributed by atoms with E-state index < -0.39 is 17.1 Å². The molecule has 0 saturated heterocycles. The van der Waals surface area contributed by atoms with Crippen molar-refractivity contribution in [2.45, 2.75) is 114 Å². The van der Waals surface area contributed by atoms with E-state index in [1.165, 1.54) is 7.11 Å². The minimum Gasteiger partial charge on any atom is -0.496 e. The van der Waals surface area contributed by atoms with E-state index in [9.17, 15) is 23.9 Å². The summed E-state index contributed by atoms with van der Waals surface area (Å²) in [6.07, 6.45) is 7.31. The van der Waals surface area contributed by atoms with E-state index in [-0.39, 0.29) is 35.4 Å². The molecule has 3 N–H and O–H groups in total. The number of carbonyl (C=O) groups is 3. The third-order valence-electron chi connectivity index (χ3n) is 9.63. The van der Waals surface area contributed by atoms with Crippen LogP contribution in [0.25, 0.3) is 0 Å². The number of benzene rings is 1. The second-order valence-electron chi connectivity index (χ2n) is 12.6. The van der Waals surface area contributed by atoms with E-state index in [4.69, 9.17) is 9.47 Å². The van der Waals surface area contributed by atoms with Crippen LogP contribution in [0.5, 0.6) is 11.5 Å². The average molecular weight is 545 g/mol. The number of nitrogens with one attached hydrogen (secondary N) is 2. The Morgan fingerprint density at radius 1 is 1.05 bits per heavy atom. The molecular weight excluding hydrogens is 503 g/mol. The Hall–Kier alpha value is -2.84. The van der Waals surface area contributed by atoms with Crippen LogP contribution in [0, 0.1) is 11.3 Å². The molecule has 0 spiro atoms. The number of carboxylic acid groups (broad SMARTS) is 1. The molecule has 0 heterocycles. The third-order valence-corrected chi connectivity index (χ3v) is 9.63. The molecule has 5 fully saturated rings. The topological polar surface area (TPSA) is 114 Å². The van der Waals surface area contributed by atoms with Crippen molar-refractivity contribution in [3.05, 3.63) is 23.3 Å². The highest BCUT2D eigenvalue weighted by Gasteiger charge is 2.70. The van der Waals surface area contributed by atoms with Gasteiger partial charge in [0.25, 0.3) is 5.91 Å². The average Bonchev–Trinajstić information content (AvgIpc) is 2.88. The van der Waals surface area contributed by atoms with E-state index in [1.54, 1.807) is 13.0 Å². The fourth-order valence-corrected chi connectivity index (χ4v) is 7.09. The molecule has 2 atom stereocenters. The van der Waals surface area contributed by atoms with Gasteiger partial charge in [-0.15, -0.1) is 0 Å².